The molecule has 0 bridgehead atoms. The van der Waals surface area contributed by atoms with Crippen LogP contribution >= 0.6 is 0 Å². The van der Waals surface area contributed by atoms with E-state index < -0.39 is 23.7 Å². The fourth-order valence-corrected chi connectivity index (χ4v) is 4.52. The normalized spacial score (nSPS) is 11.7. The zero-order chi connectivity index (χ0) is 27.9. The SMILES string of the molecule is CCOc1ccc([C@@H](C(=O)NCc2ccccc2)N(C(=O)Cn2nnc3ccccc32)c2ccccc2F)cc1. The average Bonchev–Trinajstić information content (AvgIpc) is 3.39. The summed E-state index contributed by atoms with van der Waals surface area (Å²) in [5, 5.41) is 11.2. The fourth-order valence-electron chi connectivity index (χ4n) is 4.52. The number of nitrogens with zero attached hydrogens (tertiary/aromatic N) is 4. The first-order valence-corrected chi connectivity index (χ1v) is 12.9. The number of nitrogens with one attached hydrogen (secondary N) is 1. The smallest absolute Gasteiger partial charge is 0.249 e. The quantitative estimate of drug-likeness (QED) is 0.269. The van der Waals surface area contributed by atoms with Crippen molar-refractivity contribution in [3.63, 3.8) is 0 Å². The van der Waals surface area contributed by atoms with Gasteiger partial charge in [-0.3, -0.25) is 14.5 Å². The van der Waals surface area contributed by atoms with Gasteiger partial charge >= 0.3 is 0 Å². The molecule has 1 atom stereocenters. The Hall–Kier alpha value is -5.05. The number of carbonyl (C=O) groups excluding carboxylic acids is 2. The number of ether oxygens (including phenoxy) is 1. The largest absolute Gasteiger partial charge is 0.494 e. The molecule has 1 aromatic heterocycles. The summed E-state index contributed by atoms with van der Waals surface area (Å²) in [7, 11) is 0. The number of para-hydroxylation sites is 2. The van der Waals surface area contributed by atoms with Crippen LogP contribution in [0.5, 0.6) is 5.75 Å². The lowest BCUT2D eigenvalue weighted by molar-refractivity contribution is -0.127. The van der Waals surface area contributed by atoms with Crippen LogP contribution in [0.2, 0.25) is 0 Å². The average molecular weight is 538 g/mol. The lowest BCUT2D eigenvalue weighted by Gasteiger charge is -2.32. The van der Waals surface area contributed by atoms with Gasteiger partial charge in [0.05, 0.1) is 17.8 Å². The molecule has 5 aromatic rings. The van der Waals surface area contributed by atoms with Gasteiger partial charge in [0, 0.05) is 6.54 Å². The van der Waals surface area contributed by atoms with Crippen LogP contribution in [0, 0.1) is 5.82 Å². The third kappa shape index (κ3) is 5.83. The Bertz CT molecular complexity index is 1600. The molecule has 9 heteroatoms. The zero-order valence-corrected chi connectivity index (χ0v) is 21.9. The highest BCUT2D eigenvalue weighted by atomic mass is 19.1. The topological polar surface area (TPSA) is 89.4 Å². The van der Waals surface area contributed by atoms with Crippen LogP contribution in [0.3, 0.4) is 0 Å². The molecular weight excluding hydrogens is 509 g/mol. The number of hydrogen-bond donors (Lipinski definition) is 1. The first kappa shape index (κ1) is 26.6. The molecule has 1 N–H and O–H groups in total. The van der Waals surface area contributed by atoms with Gasteiger partial charge in [-0.25, -0.2) is 9.07 Å². The summed E-state index contributed by atoms with van der Waals surface area (Å²) in [5.41, 5.74) is 2.63. The minimum atomic E-state index is -1.18. The van der Waals surface area contributed by atoms with E-state index in [4.69, 9.17) is 4.74 Å². The number of benzene rings is 4. The molecule has 0 aliphatic carbocycles. The van der Waals surface area contributed by atoms with Gasteiger partial charge in [-0.05, 0) is 54.4 Å². The maximum Gasteiger partial charge on any atom is 0.249 e. The van der Waals surface area contributed by atoms with Crippen molar-refractivity contribution in [3.8, 4) is 5.75 Å². The van der Waals surface area contributed by atoms with Gasteiger partial charge < -0.3 is 10.1 Å². The predicted molar refractivity (Wildman–Crippen MR) is 150 cm³/mol. The Morgan fingerprint density at radius 2 is 1.62 bits per heavy atom. The van der Waals surface area contributed by atoms with Crippen LogP contribution in [-0.4, -0.2) is 33.4 Å². The highest BCUT2D eigenvalue weighted by molar-refractivity contribution is 6.01. The molecule has 202 valence electrons. The minimum absolute atomic E-state index is 0.0225. The van der Waals surface area contributed by atoms with E-state index in [-0.39, 0.29) is 18.8 Å². The van der Waals surface area contributed by atoms with E-state index in [1.165, 1.54) is 27.8 Å². The molecule has 0 spiro atoms. The summed E-state index contributed by atoms with van der Waals surface area (Å²) in [4.78, 5) is 29.1. The molecule has 0 unspecified atom stereocenters. The maximum atomic E-state index is 15.3. The van der Waals surface area contributed by atoms with Crippen LogP contribution in [0.1, 0.15) is 24.1 Å². The van der Waals surface area contributed by atoms with Crippen molar-refractivity contribution in [2.24, 2.45) is 0 Å². The lowest BCUT2D eigenvalue weighted by Crippen LogP contribution is -2.45. The molecule has 0 radical (unpaired) electrons. The summed E-state index contributed by atoms with van der Waals surface area (Å²) in [6.07, 6.45) is 0. The number of halogens is 1. The molecule has 0 aliphatic heterocycles. The second-order valence-corrected chi connectivity index (χ2v) is 9.06. The molecule has 4 aromatic carbocycles. The van der Waals surface area contributed by atoms with Crippen molar-refractivity contribution < 1.29 is 18.7 Å². The number of hydrogen-bond acceptors (Lipinski definition) is 5. The first-order chi connectivity index (χ1) is 19.5. The fraction of sp³-hybridized carbons (Fsp3) is 0.161. The number of rotatable bonds is 10. The van der Waals surface area contributed by atoms with E-state index in [1.807, 2.05) is 49.4 Å². The van der Waals surface area contributed by atoms with Gasteiger partial charge in [0.15, 0.2) is 0 Å². The monoisotopic (exact) mass is 537 g/mol. The van der Waals surface area contributed by atoms with Crippen LogP contribution in [0.25, 0.3) is 11.0 Å². The second kappa shape index (κ2) is 12.2. The van der Waals surface area contributed by atoms with Gasteiger partial charge in [0.2, 0.25) is 11.8 Å². The Morgan fingerprint density at radius 3 is 2.38 bits per heavy atom. The summed E-state index contributed by atoms with van der Waals surface area (Å²) >= 11 is 0. The Labute approximate surface area is 231 Å². The molecule has 2 amide bonds. The van der Waals surface area contributed by atoms with Gasteiger partial charge in [-0.1, -0.05) is 71.9 Å². The van der Waals surface area contributed by atoms with Crippen LogP contribution in [-0.2, 0) is 22.7 Å². The molecule has 0 saturated heterocycles. The molecule has 40 heavy (non-hydrogen) atoms. The van der Waals surface area contributed by atoms with Crippen LogP contribution in [0.4, 0.5) is 10.1 Å². The Morgan fingerprint density at radius 1 is 0.925 bits per heavy atom. The lowest BCUT2D eigenvalue weighted by atomic mass is 10.0. The Kier molecular flexibility index (Phi) is 8.10. The molecule has 0 fully saturated rings. The number of aromatic nitrogens is 3. The molecule has 1 heterocycles. The van der Waals surface area contributed by atoms with Gasteiger partial charge in [0.1, 0.15) is 29.7 Å². The van der Waals surface area contributed by atoms with Crippen molar-refractivity contribution in [3.05, 3.63) is 120 Å². The van der Waals surface area contributed by atoms with Crippen molar-refractivity contribution in [2.75, 3.05) is 11.5 Å². The number of amides is 2. The number of carbonyl (C=O) groups is 2. The van der Waals surface area contributed by atoms with E-state index in [2.05, 4.69) is 15.6 Å². The van der Waals surface area contributed by atoms with Gasteiger partial charge in [0.25, 0.3) is 0 Å². The van der Waals surface area contributed by atoms with Gasteiger partial charge in [-0.2, -0.15) is 0 Å². The van der Waals surface area contributed by atoms with E-state index in [9.17, 15) is 9.59 Å². The maximum absolute atomic E-state index is 15.3. The highest BCUT2D eigenvalue weighted by Crippen LogP contribution is 2.31. The standard InChI is InChI=1S/C31H28FN5O3/c1-2-40-24-18-16-23(17-19-24)30(31(39)33-20-22-10-4-3-5-11-22)37(27-14-8-6-12-25(27)32)29(38)21-36-28-15-9-7-13-26(28)34-35-36/h3-19,30H,2,20-21H2,1H3,(H,33,39)/t30-/m0/s1. The third-order valence-corrected chi connectivity index (χ3v) is 6.41. The van der Waals surface area contributed by atoms with Crippen molar-refractivity contribution in [1.82, 2.24) is 20.3 Å². The van der Waals surface area contributed by atoms with E-state index in [0.717, 1.165) is 5.56 Å². The number of anilines is 1. The first-order valence-electron chi connectivity index (χ1n) is 12.9. The van der Waals surface area contributed by atoms with Crippen molar-refractivity contribution in [1.29, 1.82) is 0 Å². The summed E-state index contributed by atoms with van der Waals surface area (Å²) in [6, 6.07) is 28.3. The molecule has 8 nitrogen and oxygen atoms in total. The van der Waals surface area contributed by atoms with E-state index in [0.29, 0.717) is 29.0 Å². The molecule has 0 aliphatic rings. The summed E-state index contributed by atoms with van der Waals surface area (Å²) in [5.74, 6) is -1.01. The van der Waals surface area contributed by atoms with Crippen LogP contribution in [0.15, 0.2) is 103 Å². The third-order valence-electron chi connectivity index (χ3n) is 6.41. The summed E-state index contributed by atoms with van der Waals surface area (Å²) in [6.45, 7) is 2.33. The Balaban J connectivity index is 1.56. The minimum Gasteiger partial charge on any atom is -0.494 e. The van der Waals surface area contributed by atoms with Crippen LogP contribution < -0.4 is 15.0 Å². The van der Waals surface area contributed by atoms with Gasteiger partial charge in [-0.15, -0.1) is 5.10 Å². The summed E-state index contributed by atoms with van der Waals surface area (Å²) < 4.78 is 22.3. The van der Waals surface area contributed by atoms with E-state index >= 15 is 4.39 Å². The predicted octanol–water partition coefficient (Wildman–Crippen LogP) is 5.06. The molecule has 5 rings (SSSR count). The van der Waals surface area contributed by atoms with Crippen molar-refractivity contribution in [2.45, 2.75) is 26.1 Å². The second-order valence-electron chi connectivity index (χ2n) is 9.06. The zero-order valence-electron chi connectivity index (χ0n) is 21.9. The van der Waals surface area contributed by atoms with Crippen molar-refractivity contribution >= 4 is 28.5 Å². The molecular formula is C31H28FN5O3. The van der Waals surface area contributed by atoms with E-state index in [1.54, 1.807) is 42.5 Å². The molecule has 0 saturated carbocycles. The number of fused-ring (bicyclic) bond motifs is 1. The highest BCUT2D eigenvalue weighted by Gasteiger charge is 2.34.